The fraction of sp³-hybridized carbons (Fsp3) is 0.476. The molecular weight excluding hydrogens is 406 g/mol. The molecule has 3 rings (SSSR count). The van der Waals surface area contributed by atoms with E-state index < -0.39 is 16.1 Å². The average Bonchev–Trinajstić information content (AvgIpc) is 3.11. The molecule has 0 unspecified atom stereocenters. The van der Waals surface area contributed by atoms with E-state index in [2.05, 4.69) is 14.9 Å². The molecule has 1 aliphatic heterocycles. The van der Waals surface area contributed by atoms with Crippen LogP contribution in [0.15, 0.2) is 46.0 Å². The van der Waals surface area contributed by atoms with Gasteiger partial charge in [-0.2, -0.15) is 4.72 Å². The normalized spacial score (nSPS) is 16.4. The number of amides is 1. The minimum atomic E-state index is -3.72. The van der Waals surface area contributed by atoms with Crippen molar-refractivity contribution in [3.63, 3.8) is 0 Å². The van der Waals surface area contributed by atoms with E-state index in [0.717, 1.165) is 30.1 Å². The van der Waals surface area contributed by atoms with Crippen LogP contribution in [-0.2, 0) is 14.8 Å². The van der Waals surface area contributed by atoms with E-state index in [4.69, 9.17) is 0 Å². The first-order valence-electron chi connectivity index (χ1n) is 10.1. The van der Waals surface area contributed by atoms with E-state index in [0.29, 0.717) is 5.69 Å². The number of thiophene rings is 1. The van der Waals surface area contributed by atoms with Crippen LogP contribution in [0.25, 0.3) is 0 Å². The Hall–Kier alpha value is -1.90. The monoisotopic (exact) mass is 435 g/mol. The number of benzene rings is 1. The first-order valence-corrected chi connectivity index (χ1v) is 12.4. The Morgan fingerprint density at radius 2 is 1.69 bits per heavy atom. The van der Waals surface area contributed by atoms with Crippen molar-refractivity contribution in [3.05, 3.63) is 41.8 Å². The molecule has 0 radical (unpaired) electrons. The minimum Gasteiger partial charge on any atom is -0.372 e. The van der Waals surface area contributed by atoms with Crippen LogP contribution in [0.4, 0.5) is 11.4 Å². The molecule has 29 heavy (non-hydrogen) atoms. The first kappa shape index (κ1) is 21.8. The van der Waals surface area contributed by atoms with Crippen LogP contribution in [0.5, 0.6) is 0 Å². The van der Waals surface area contributed by atoms with Gasteiger partial charge in [-0.05, 0) is 54.5 Å². The summed E-state index contributed by atoms with van der Waals surface area (Å²) in [6.07, 6.45) is 4.98. The molecule has 158 valence electrons. The van der Waals surface area contributed by atoms with Gasteiger partial charge >= 0.3 is 0 Å². The number of sulfonamides is 1. The van der Waals surface area contributed by atoms with Crippen LogP contribution in [0.2, 0.25) is 0 Å². The summed E-state index contributed by atoms with van der Waals surface area (Å²) < 4.78 is 27.8. The summed E-state index contributed by atoms with van der Waals surface area (Å²) in [5, 5.41) is 4.55. The fourth-order valence-corrected chi connectivity index (χ4v) is 5.79. The summed E-state index contributed by atoms with van der Waals surface area (Å²) in [5.41, 5.74) is 1.82. The van der Waals surface area contributed by atoms with Crippen molar-refractivity contribution in [1.82, 2.24) is 4.72 Å². The molecule has 0 bridgehead atoms. The number of hydrogen-bond acceptors (Lipinski definition) is 5. The lowest BCUT2D eigenvalue weighted by Crippen LogP contribution is -2.46. The van der Waals surface area contributed by atoms with Gasteiger partial charge in [0.15, 0.2) is 0 Å². The van der Waals surface area contributed by atoms with Crippen LogP contribution in [-0.4, -0.2) is 33.5 Å². The highest BCUT2D eigenvalue weighted by Crippen LogP contribution is 2.22. The Morgan fingerprint density at radius 3 is 2.24 bits per heavy atom. The third-order valence-corrected chi connectivity index (χ3v) is 7.94. The van der Waals surface area contributed by atoms with E-state index in [9.17, 15) is 13.2 Å². The smallest absolute Gasteiger partial charge is 0.250 e. The second-order valence-electron chi connectivity index (χ2n) is 7.71. The van der Waals surface area contributed by atoms with Crippen molar-refractivity contribution >= 4 is 38.6 Å². The lowest BCUT2D eigenvalue weighted by molar-refractivity contribution is -0.118. The molecule has 2 aromatic rings. The second kappa shape index (κ2) is 9.73. The van der Waals surface area contributed by atoms with E-state index >= 15 is 0 Å². The molecule has 2 heterocycles. The van der Waals surface area contributed by atoms with E-state index in [1.807, 2.05) is 38.1 Å². The highest BCUT2D eigenvalue weighted by molar-refractivity contribution is 7.91. The Labute approximate surface area is 177 Å². The quantitative estimate of drug-likeness (QED) is 0.687. The van der Waals surface area contributed by atoms with Crippen LogP contribution in [0.3, 0.4) is 0 Å². The zero-order valence-corrected chi connectivity index (χ0v) is 18.6. The molecule has 1 atom stereocenters. The zero-order valence-electron chi connectivity index (χ0n) is 16.9. The molecule has 0 spiro atoms. The van der Waals surface area contributed by atoms with Crippen molar-refractivity contribution in [2.75, 3.05) is 23.3 Å². The van der Waals surface area contributed by atoms with Crippen molar-refractivity contribution in [3.8, 4) is 0 Å². The van der Waals surface area contributed by atoms with E-state index in [1.165, 1.54) is 31.7 Å². The maximum atomic E-state index is 12.8. The third-order valence-electron chi connectivity index (χ3n) is 5.10. The number of rotatable bonds is 7. The summed E-state index contributed by atoms with van der Waals surface area (Å²) in [6.45, 7) is 5.77. The number of nitrogens with zero attached hydrogens (tertiary/aromatic N) is 1. The maximum Gasteiger partial charge on any atom is 0.250 e. The molecule has 1 aromatic carbocycles. The second-order valence-corrected chi connectivity index (χ2v) is 10.6. The van der Waals surface area contributed by atoms with Crippen molar-refractivity contribution in [1.29, 1.82) is 0 Å². The van der Waals surface area contributed by atoms with Crippen molar-refractivity contribution in [2.24, 2.45) is 5.92 Å². The van der Waals surface area contributed by atoms with Crippen LogP contribution >= 0.6 is 11.3 Å². The summed E-state index contributed by atoms with van der Waals surface area (Å²) >= 11 is 1.13. The fourth-order valence-electron chi connectivity index (χ4n) is 3.44. The van der Waals surface area contributed by atoms with E-state index in [-0.39, 0.29) is 16.0 Å². The molecule has 1 aliphatic rings. The van der Waals surface area contributed by atoms with E-state index in [1.54, 1.807) is 11.4 Å². The van der Waals surface area contributed by atoms with Gasteiger partial charge in [0.25, 0.3) is 10.0 Å². The van der Waals surface area contributed by atoms with Crippen LogP contribution < -0.4 is 14.9 Å². The van der Waals surface area contributed by atoms with Gasteiger partial charge in [0.2, 0.25) is 5.91 Å². The van der Waals surface area contributed by atoms with Crippen molar-refractivity contribution < 1.29 is 13.2 Å². The number of nitrogens with one attached hydrogen (secondary N) is 2. The molecule has 2 N–H and O–H groups in total. The van der Waals surface area contributed by atoms with Gasteiger partial charge in [0.1, 0.15) is 10.3 Å². The third kappa shape index (κ3) is 5.81. The summed E-state index contributed by atoms with van der Waals surface area (Å²) in [5.74, 6) is -0.552. The molecule has 1 aromatic heterocycles. The Bertz CT molecular complexity index is 886. The SMILES string of the molecule is CC(C)[C@H](NS(=O)(=O)c1cccs1)C(=O)Nc1ccc(N2CCCCCC2)cc1. The predicted octanol–water partition coefficient (Wildman–Crippen LogP) is 4.07. The number of carbonyl (C=O) groups excluding carboxylic acids is 1. The molecule has 8 heteroatoms. The van der Waals surface area contributed by atoms with Crippen LogP contribution in [0, 0.1) is 5.92 Å². The molecule has 0 aliphatic carbocycles. The molecule has 1 amide bonds. The highest BCUT2D eigenvalue weighted by atomic mass is 32.2. The van der Waals surface area contributed by atoms with Crippen molar-refractivity contribution in [2.45, 2.75) is 49.8 Å². The number of anilines is 2. The lowest BCUT2D eigenvalue weighted by atomic mass is 10.0. The van der Waals surface area contributed by atoms with Gasteiger partial charge in [0.05, 0.1) is 0 Å². The van der Waals surface area contributed by atoms with Gasteiger partial charge in [0, 0.05) is 24.5 Å². The highest BCUT2D eigenvalue weighted by Gasteiger charge is 2.29. The van der Waals surface area contributed by atoms with Gasteiger partial charge in [-0.1, -0.05) is 32.8 Å². The molecule has 1 fully saturated rings. The Morgan fingerprint density at radius 1 is 1.03 bits per heavy atom. The van der Waals surface area contributed by atoms with Crippen LogP contribution in [0.1, 0.15) is 39.5 Å². The summed E-state index contributed by atoms with van der Waals surface area (Å²) in [4.78, 5) is 15.2. The summed E-state index contributed by atoms with van der Waals surface area (Å²) in [7, 11) is -3.72. The van der Waals surface area contributed by atoms with Gasteiger partial charge in [-0.15, -0.1) is 11.3 Å². The predicted molar refractivity (Wildman–Crippen MR) is 119 cm³/mol. The molecule has 6 nitrogen and oxygen atoms in total. The van der Waals surface area contributed by atoms with Gasteiger partial charge in [-0.25, -0.2) is 8.42 Å². The topological polar surface area (TPSA) is 78.5 Å². The Kier molecular flexibility index (Phi) is 7.32. The molecular formula is C21H29N3O3S2. The molecule has 1 saturated heterocycles. The Balaban J connectivity index is 1.66. The minimum absolute atomic E-state index is 0.193. The van der Waals surface area contributed by atoms with Gasteiger partial charge in [-0.3, -0.25) is 4.79 Å². The summed E-state index contributed by atoms with van der Waals surface area (Å²) in [6, 6.07) is 10.1. The standard InChI is InChI=1S/C21H29N3O3S2/c1-16(2)20(23-29(26,27)19-8-7-15-28-19)21(25)22-17-9-11-18(12-10-17)24-13-5-3-4-6-14-24/h7-12,15-16,20,23H,3-6,13-14H2,1-2H3,(H,22,25)/t20-/m0/s1. The maximum absolute atomic E-state index is 12.8. The average molecular weight is 436 g/mol. The number of hydrogen-bond donors (Lipinski definition) is 2. The first-order chi connectivity index (χ1) is 13.9. The molecule has 0 saturated carbocycles. The van der Waals surface area contributed by atoms with Gasteiger partial charge < -0.3 is 10.2 Å². The largest absolute Gasteiger partial charge is 0.372 e. The lowest BCUT2D eigenvalue weighted by Gasteiger charge is -2.23. The number of carbonyl (C=O) groups is 1. The zero-order chi connectivity index (χ0) is 20.9.